The summed E-state index contributed by atoms with van der Waals surface area (Å²) in [5, 5.41) is 20.1. The van der Waals surface area contributed by atoms with Gasteiger partial charge in [0.15, 0.2) is 0 Å². The second kappa shape index (κ2) is 5.90. The van der Waals surface area contributed by atoms with E-state index in [1.54, 1.807) is 0 Å². The molecule has 1 aromatic rings. The monoisotopic (exact) mass is 278 g/mol. The van der Waals surface area contributed by atoms with Crippen molar-refractivity contribution in [1.82, 2.24) is 0 Å². The van der Waals surface area contributed by atoms with E-state index in [0.717, 1.165) is 32.4 Å². The minimum atomic E-state index is -1.06. The van der Waals surface area contributed by atoms with Crippen LogP contribution in [-0.2, 0) is 0 Å². The molecule has 1 aliphatic rings. The molecule has 1 fully saturated rings. The number of hydrogen-bond acceptors (Lipinski definition) is 4. The highest BCUT2D eigenvalue weighted by atomic mass is 16.6. The fourth-order valence-corrected chi connectivity index (χ4v) is 2.76. The molecule has 6 heteroatoms. The maximum absolute atomic E-state index is 11.1. The molecule has 20 heavy (non-hydrogen) atoms. The van der Waals surface area contributed by atoms with Gasteiger partial charge in [0.2, 0.25) is 0 Å². The zero-order valence-electron chi connectivity index (χ0n) is 11.4. The largest absolute Gasteiger partial charge is 0.478 e. The number of anilines is 1. The van der Waals surface area contributed by atoms with Gasteiger partial charge in [0, 0.05) is 19.2 Å². The van der Waals surface area contributed by atoms with Crippen molar-refractivity contribution in [3.63, 3.8) is 0 Å². The number of carbonyl (C=O) groups is 1. The van der Waals surface area contributed by atoms with Gasteiger partial charge in [-0.05, 0) is 30.9 Å². The molecule has 1 unspecified atom stereocenters. The normalized spacial score (nSPS) is 18.2. The quantitative estimate of drug-likeness (QED) is 0.661. The molecule has 1 atom stereocenters. The highest BCUT2D eigenvalue weighted by Crippen LogP contribution is 2.34. The van der Waals surface area contributed by atoms with Crippen LogP contribution in [0.15, 0.2) is 18.2 Å². The first-order chi connectivity index (χ1) is 9.52. The summed E-state index contributed by atoms with van der Waals surface area (Å²) < 4.78 is 0. The van der Waals surface area contributed by atoms with Gasteiger partial charge in [-0.1, -0.05) is 13.3 Å². The maximum atomic E-state index is 11.1. The van der Waals surface area contributed by atoms with Crippen molar-refractivity contribution < 1.29 is 14.8 Å². The van der Waals surface area contributed by atoms with Crippen molar-refractivity contribution in [2.24, 2.45) is 5.92 Å². The summed E-state index contributed by atoms with van der Waals surface area (Å²) in [4.78, 5) is 23.6. The van der Waals surface area contributed by atoms with Crippen LogP contribution in [0.25, 0.3) is 0 Å². The Morgan fingerprint density at radius 1 is 1.55 bits per heavy atom. The second-order valence-corrected chi connectivity index (χ2v) is 5.16. The van der Waals surface area contributed by atoms with Crippen LogP contribution < -0.4 is 4.90 Å². The molecule has 1 saturated heterocycles. The van der Waals surface area contributed by atoms with Gasteiger partial charge in [-0.25, -0.2) is 4.79 Å². The standard InChI is InChI=1S/C14H18N2O4/c1-2-3-10-6-7-15(9-10)13-8-11(14(17)18)4-5-12(13)16(19)20/h4-5,8,10H,2-3,6-7,9H2,1H3,(H,17,18). The van der Waals surface area contributed by atoms with Gasteiger partial charge >= 0.3 is 5.97 Å². The average molecular weight is 278 g/mol. The van der Waals surface area contributed by atoms with Gasteiger partial charge in [0.05, 0.1) is 10.5 Å². The third kappa shape index (κ3) is 2.89. The van der Waals surface area contributed by atoms with Crippen molar-refractivity contribution >= 4 is 17.3 Å². The number of nitro benzene ring substituents is 1. The number of nitrogens with zero attached hydrogens (tertiary/aromatic N) is 2. The summed E-state index contributed by atoms with van der Waals surface area (Å²) in [6, 6.07) is 3.98. The number of aromatic carboxylic acids is 1. The summed E-state index contributed by atoms with van der Waals surface area (Å²) >= 11 is 0. The molecule has 2 rings (SSSR count). The fourth-order valence-electron chi connectivity index (χ4n) is 2.76. The molecule has 0 bridgehead atoms. The minimum Gasteiger partial charge on any atom is -0.478 e. The number of nitro groups is 1. The molecular weight excluding hydrogens is 260 g/mol. The third-order valence-corrected chi connectivity index (χ3v) is 3.74. The molecule has 1 heterocycles. The van der Waals surface area contributed by atoms with E-state index in [9.17, 15) is 14.9 Å². The number of carboxylic acid groups (broad SMARTS) is 1. The van der Waals surface area contributed by atoms with Crippen LogP contribution in [0.1, 0.15) is 36.5 Å². The number of rotatable bonds is 5. The van der Waals surface area contributed by atoms with Gasteiger partial charge in [-0.15, -0.1) is 0 Å². The minimum absolute atomic E-state index is 0.0212. The molecule has 0 amide bonds. The van der Waals surface area contributed by atoms with Crippen molar-refractivity contribution in [3.8, 4) is 0 Å². The second-order valence-electron chi connectivity index (χ2n) is 5.16. The Hall–Kier alpha value is -2.11. The van der Waals surface area contributed by atoms with Crippen LogP contribution in [0, 0.1) is 16.0 Å². The van der Waals surface area contributed by atoms with Crippen LogP contribution in [0.4, 0.5) is 11.4 Å². The van der Waals surface area contributed by atoms with Crippen molar-refractivity contribution in [3.05, 3.63) is 33.9 Å². The summed E-state index contributed by atoms with van der Waals surface area (Å²) in [5.74, 6) is -0.529. The maximum Gasteiger partial charge on any atom is 0.335 e. The first-order valence-electron chi connectivity index (χ1n) is 6.79. The Morgan fingerprint density at radius 2 is 2.30 bits per heavy atom. The van der Waals surface area contributed by atoms with Gasteiger partial charge in [-0.3, -0.25) is 10.1 Å². The fraction of sp³-hybridized carbons (Fsp3) is 0.500. The van der Waals surface area contributed by atoms with Crippen molar-refractivity contribution in [1.29, 1.82) is 0 Å². The Kier molecular flexibility index (Phi) is 4.22. The SMILES string of the molecule is CCCC1CCN(c2cc(C(=O)O)ccc2[N+](=O)[O-])C1. The lowest BCUT2D eigenvalue weighted by atomic mass is 10.0. The number of benzene rings is 1. The Balaban J connectivity index is 2.31. The summed E-state index contributed by atoms with van der Waals surface area (Å²) in [5.41, 5.74) is 0.491. The summed E-state index contributed by atoms with van der Waals surface area (Å²) in [6.07, 6.45) is 3.20. The van der Waals surface area contributed by atoms with Gasteiger partial charge in [0.1, 0.15) is 5.69 Å². The molecule has 0 radical (unpaired) electrons. The van der Waals surface area contributed by atoms with E-state index in [4.69, 9.17) is 5.11 Å². The lowest BCUT2D eigenvalue weighted by Crippen LogP contribution is -2.21. The number of carboxylic acids is 1. The highest BCUT2D eigenvalue weighted by molar-refractivity contribution is 5.90. The summed E-state index contributed by atoms with van der Waals surface area (Å²) in [7, 11) is 0. The Morgan fingerprint density at radius 3 is 2.90 bits per heavy atom. The predicted molar refractivity (Wildman–Crippen MR) is 75.3 cm³/mol. The summed E-state index contributed by atoms with van der Waals surface area (Å²) in [6.45, 7) is 3.63. The molecule has 0 aromatic heterocycles. The molecule has 0 aliphatic carbocycles. The van der Waals surface area contributed by atoms with E-state index in [1.807, 2.05) is 4.90 Å². The molecule has 1 aliphatic heterocycles. The van der Waals surface area contributed by atoms with Crippen LogP contribution in [-0.4, -0.2) is 29.1 Å². The van der Waals surface area contributed by atoms with E-state index >= 15 is 0 Å². The van der Waals surface area contributed by atoms with Crippen molar-refractivity contribution in [2.75, 3.05) is 18.0 Å². The first-order valence-corrected chi connectivity index (χ1v) is 6.79. The molecule has 108 valence electrons. The molecule has 1 aromatic carbocycles. The zero-order chi connectivity index (χ0) is 14.7. The van der Waals surface area contributed by atoms with Crippen molar-refractivity contribution in [2.45, 2.75) is 26.2 Å². The molecule has 0 spiro atoms. The lowest BCUT2D eigenvalue weighted by molar-refractivity contribution is -0.384. The molecular formula is C14H18N2O4. The highest BCUT2D eigenvalue weighted by Gasteiger charge is 2.27. The van der Waals surface area contributed by atoms with E-state index < -0.39 is 10.9 Å². The van der Waals surface area contributed by atoms with E-state index in [1.165, 1.54) is 18.2 Å². The lowest BCUT2D eigenvalue weighted by Gasteiger charge is -2.19. The predicted octanol–water partition coefficient (Wildman–Crippen LogP) is 2.92. The van der Waals surface area contributed by atoms with Gasteiger partial charge in [-0.2, -0.15) is 0 Å². The molecule has 6 nitrogen and oxygen atoms in total. The van der Waals surface area contributed by atoms with Crippen LogP contribution >= 0.6 is 0 Å². The van der Waals surface area contributed by atoms with Crippen LogP contribution in [0.2, 0.25) is 0 Å². The topological polar surface area (TPSA) is 83.7 Å². The Bertz CT molecular complexity index is 530. The molecule has 1 N–H and O–H groups in total. The smallest absolute Gasteiger partial charge is 0.335 e. The average Bonchev–Trinajstić information content (AvgIpc) is 2.86. The van der Waals surface area contributed by atoms with E-state index in [0.29, 0.717) is 11.6 Å². The zero-order valence-corrected chi connectivity index (χ0v) is 11.4. The first kappa shape index (κ1) is 14.3. The third-order valence-electron chi connectivity index (χ3n) is 3.74. The van der Waals surface area contributed by atoms with E-state index in [-0.39, 0.29) is 11.3 Å². The van der Waals surface area contributed by atoms with Gasteiger partial charge < -0.3 is 10.0 Å². The Labute approximate surface area is 117 Å². The molecule has 0 saturated carbocycles. The number of hydrogen-bond donors (Lipinski definition) is 1. The van der Waals surface area contributed by atoms with Gasteiger partial charge in [0.25, 0.3) is 5.69 Å². The van der Waals surface area contributed by atoms with Crippen LogP contribution in [0.5, 0.6) is 0 Å². The van der Waals surface area contributed by atoms with E-state index in [2.05, 4.69) is 6.92 Å². The van der Waals surface area contributed by atoms with Crippen LogP contribution in [0.3, 0.4) is 0 Å².